The van der Waals surface area contributed by atoms with Crippen LogP contribution in [0.25, 0.3) is 0 Å². The van der Waals surface area contributed by atoms with E-state index in [0.29, 0.717) is 6.10 Å². The summed E-state index contributed by atoms with van der Waals surface area (Å²) in [7, 11) is 1.69. The highest BCUT2D eigenvalue weighted by Crippen LogP contribution is 2.32. The maximum absolute atomic E-state index is 5.58. The van der Waals surface area contributed by atoms with E-state index in [1.807, 2.05) is 6.07 Å². The van der Waals surface area contributed by atoms with Crippen LogP contribution in [0.2, 0.25) is 0 Å². The summed E-state index contributed by atoms with van der Waals surface area (Å²) in [5, 5.41) is 3.43. The lowest BCUT2D eigenvalue weighted by atomic mass is 10.2. The highest BCUT2D eigenvalue weighted by atomic mass is 79.9. The molecule has 1 aromatic rings. The van der Waals surface area contributed by atoms with Gasteiger partial charge in [-0.15, -0.1) is 0 Å². The number of halogens is 2. The average molecular weight is 379 g/mol. The molecule has 0 saturated carbocycles. The Hall–Kier alpha value is -0.100. The summed E-state index contributed by atoms with van der Waals surface area (Å²) in [6.45, 7) is 2.58. The van der Waals surface area contributed by atoms with Gasteiger partial charge in [0, 0.05) is 29.7 Å². The van der Waals surface area contributed by atoms with Crippen molar-refractivity contribution >= 4 is 31.9 Å². The molecule has 1 heterocycles. The molecule has 1 atom stereocenters. The molecule has 3 nitrogen and oxygen atoms in total. The molecular weight excluding hydrogens is 362 g/mol. The van der Waals surface area contributed by atoms with Gasteiger partial charge < -0.3 is 14.8 Å². The Morgan fingerprint density at radius 2 is 2.28 bits per heavy atom. The molecule has 18 heavy (non-hydrogen) atoms. The summed E-state index contributed by atoms with van der Waals surface area (Å²) in [5.41, 5.74) is 1.14. The highest BCUT2D eigenvalue weighted by Gasteiger charge is 2.15. The quantitative estimate of drug-likeness (QED) is 0.850. The minimum absolute atomic E-state index is 0.367. The Bertz CT molecular complexity index is 406. The molecule has 1 N–H and O–H groups in total. The lowest BCUT2D eigenvalue weighted by Crippen LogP contribution is -2.26. The van der Waals surface area contributed by atoms with Crippen molar-refractivity contribution in [2.75, 3.05) is 20.3 Å². The second-order valence-corrected chi connectivity index (χ2v) is 6.12. The lowest BCUT2D eigenvalue weighted by molar-refractivity contribution is 0.110. The zero-order chi connectivity index (χ0) is 13.0. The van der Waals surface area contributed by atoms with E-state index in [1.165, 1.54) is 6.42 Å². The molecule has 0 spiro atoms. The van der Waals surface area contributed by atoms with Gasteiger partial charge in [-0.25, -0.2) is 0 Å². The number of nitrogens with one attached hydrogen (secondary N) is 1. The van der Waals surface area contributed by atoms with Gasteiger partial charge in [0.05, 0.1) is 17.7 Å². The zero-order valence-corrected chi connectivity index (χ0v) is 13.5. The van der Waals surface area contributed by atoms with E-state index in [9.17, 15) is 0 Å². The molecule has 0 bridgehead atoms. The summed E-state index contributed by atoms with van der Waals surface area (Å²) >= 11 is 7.01. The fourth-order valence-electron chi connectivity index (χ4n) is 2.15. The van der Waals surface area contributed by atoms with E-state index in [0.717, 1.165) is 46.4 Å². The minimum atomic E-state index is 0.367. The smallest absolute Gasteiger partial charge is 0.137 e. The van der Waals surface area contributed by atoms with E-state index >= 15 is 0 Å². The van der Waals surface area contributed by atoms with Crippen LogP contribution in [0.15, 0.2) is 21.1 Å². The molecule has 1 aromatic carbocycles. The number of methoxy groups -OCH3 is 1. The number of hydrogen-bond acceptors (Lipinski definition) is 3. The van der Waals surface area contributed by atoms with Crippen molar-refractivity contribution in [3.63, 3.8) is 0 Å². The van der Waals surface area contributed by atoms with Crippen LogP contribution in [0, 0.1) is 0 Å². The topological polar surface area (TPSA) is 30.5 Å². The third-order valence-corrected chi connectivity index (χ3v) is 4.05. The molecule has 0 amide bonds. The Morgan fingerprint density at radius 3 is 2.94 bits per heavy atom. The molecule has 0 aromatic heterocycles. The van der Waals surface area contributed by atoms with Crippen molar-refractivity contribution in [3.05, 3.63) is 26.6 Å². The van der Waals surface area contributed by atoms with Gasteiger partial charge in [-0.3, -0.25) is 0 Å². The number of benzene rings is 1. The first-order valence-corrected chi connectivity index (χ1v) is 7.63. The van der Waals surface area contributed by atoms with Crippen LogP contribution in [0.4, 0.5) is 0 Å². The molecular formula is C13H17Br2NO2. The Morgan fingerprint density at radius 1 is 1.44 bits per heavy atom. The van der Waals surface area contributed by atoms with Crippen LogP contribution >= 0.6 is 31.9 Å². The predicted octanol–water partition coefficient (Wildman–Crippen LogP) is 3.49. The van der Waals surface area contributed by atoms with Crippen molar-refractivity contribution in [1.29, 1.82) is 0 Å². The van der Waals surface area contributed by atoms with E-state index in [-0.39, 0.29) is 0 Å². The Labute approximate surface area is 124 Å². The van der Waals surface area contributed by atoms with E-state index in [1.54, 1.807) is 7.11 Å². The van der Waals surface area contributed by atoms with E-state index < -0.39 is 0 Å². The first-order chi connectivity index (χ1) is 8.70. The number of hydrogen-bond donors (Lipinski definition) is 1. The van der Waals surface area contributed by atoms with Gasteiger partial charge in [-0.05, 0) is 40.9 Å². The molecule has 0 radical (unpaired) electrons. The predicted molar refractivity (Wildman–Crippen MR) is 79.1 cm³/mol. The van der Waals surface area contributed by atoms with Gasteiger partial charge in [0.25, 0.3) is 0 Å². The summed E-state index contributed by atoms with van der Waals surface area (Å²) < 4.78 is 13.0. The van der Waals surface area contributed by atoms with Gasteiger partial charge in [0.2, 0.25) is 0 Å². The van der Waals surface area contributed by atoms with Crippen LogP contribution in [0.1, 0.15) is 18.4 Å². The standard InChI is InChI=1S/C13H17Br2NO2/c1-17-13-9(5-10(14)6-12(13)15)7-16-8-11-3-2-4-18-11/h5-6,11,16H,2-4,7-8H2,1H3/t11-/m1/s1. The lowest BCUT2D eigenvalue weighted by Gasteiger charge is -2.14. The third kappa shape index (κ3) is 3.70. The van der Waals surface area contributed by atoms with Crippen molar-refractivity contribution in [1.82, 2.24) is 5.32 Å². The second-order valence-electron chi connectivity index (χ2n) is 4.35. The third-order valence-electron chi connectivity index (χ3n) is 3.00. The molecule has 1 fully saturated rings. The maximum atomic E-state index is 5.58. The van der Waals surface area contributed by atoms with Gasteiger partial charge >= 0.3 is 0 Å². The van der Waals surface area contributed by atoms with Crippen LogP contribution in [-0.4, -0.2) is 26.4 Å². The number of ether oxygens (including phenoxy) is 2. The molecule has 1 saturated heterocycles. The van der Waals surface area contributed by atoms with Gasteiger partial charge in [-0.2, -0.15) is 0 Å². The van der Waals surface area contributed by atoms with Gasteiger partial charge in [0.1, 0.15) is 5.75 Å². The number of rotatable bonds is 5. The summed E-state index contributed by atoms with van der Waals surface area (Å²) in [6, 6.07) is 4.06. The van der Waals surface area contributed by atoms with Crippen LogP contribution < -0.4 is 10.1 Å². The first-order valence-electron chi connectivity index (χ1n) is 6.05. The maximum Gasteiger partial charge on any atom is 0.137 e. The molecule has 2 rings (SSSR count). The normalized spacial score (nSPS) is 19.2. The molecule has 0 aliphatic carbocycles. The van der Waals surface area contributed by atoms with Crippen molar-refractivity contribution in [2.45, 2.75) is 25.5 Å². The minimum Gasteiger partial charge on any atom is -0.495 e. The zero-order valence-electron chi connectivity index (χ0n) is 10.3. The van der Waals surface area contributed by atoms with Gasteiger partial charge in [0.15, 0.2) is 0 Å². The van der Waals surface area contributed by atoms with Crippen LogP contribution in [0.3, 0.4) is 0 Å². The Balaban J connectivity index is 1.95. The molecule has 1 aliphatic heterocycles. The Kier molecular flexibility index (Phi) is 5.48. The molecule has 0 unspecified atom stereocenters. The SMILES string of the molecule is COc1c(Br)cc(Br)cc1CNC[C@H]1CCCO1. The fourth-order valence-corrected chi connectivity index (χ4v) is 3.62. The summed E-state index contributed by atoms with van der Waals surface area (Å²) in [4.78, 5) is 0. The van der Waals surface area contributed by atoms with Crippen LogP contribution in [-0.2, 0) is 11.3 Å². The second kappa shape index (κ2) is 6.89. The van der Waals surface area contributed by atoms with Crippen LogP contribution in [0.5, 0.6) is 5.75 Å². The summed E-state index contributed by atoms with van der Waals surface area (Å²) in [5.74, 6) is 0.887. The van der Waals surface area contributed by atoms with E-state index in [2.05, 4.69) is 43.2 Å². The van der Waals surface area contributed by atoms with Gasteiger partial charge in [-0.1, -0.05) is 15.9 Å². The highest BCUT2D eigenvalue weighted by molar-refractivity contribution is 9.11. The van der Waals surface area contributed by atoms with E-state index in [4.69, 9.17) is 9.47 Å². The molecule has 100 valence electrons. The molecule has 1 aliphatic rings. The van der Waals surface area contributed by atoms with Crippen molar-refractivity contribution in [2.24, 2.45) is 0 Å². The monoisotopic (exact) mass is 377 g/mol. The summed E-state index contributed by atoms with van der Waals surface area (Å²) in [6.07, 6.45) is 2.70. The molecule has 5 heteroatoms. The fraction of sp³-hybridized carbons (Fsp3) is 0.538. The first kappa shape index (κ1) is 14.3. The average Bonchev–Trinajstić information content (AvgIpc) is 2.81. The van der Waals surface area contributed by atoms with Crippen molar-refractivity contribution < 1.29 is 9.47 Å². The largest absolute Gasteiger partial charge is 0.495 e. The van der Waals surface area contributed by atoms with Crippen molar-refractivity contribution in [3.8, 4) is 5.75 Å².